The zero-order chi connectivity index (χ0) is 18.8. The molecule has 0 spiro atoms. The fourth-order valence-electron chi connectivity index (χ4n) is 3.25. The summed E-state index contributed by atoms with van der Waals surface area (Å²) in [5.74, 6) is 0.827. The summed E-state index contributed by atoms with van der Waals surface area (Å²) in [6.45, 7) is 6.32. The Labute approximate surface area is 168 Å². The first-order chi connectivity index (χ1) is 13.1. The van der Waals surface area contributed by atoms with Gasteiger partial charge >= 0.3 is 0 Å². The molecule has 5 nitrogen and oxygen atoms in total. The van der Waals surface area contributed by atoms with E-state index in [1.54, 1.807) is 0 Å². The molecule has 1 N–H and O–H groups in total. The van der Waals surface area contributed by atoms with Crippen molar-refractivity contribution in [3.8, 4) is 17.1 Å². The van der Waals surface area contributed by atoms with Crippen LogP contribution in [0.1, 0.15) is 5.56 Å². The highest BCUT2D eigenvalue weighted by Gasteiger charge is 2.19. The van der Waals surface area contributed by atoms with E-state index in [9.17, 15) is 0 Å². The zero-order valence-electron chi connectivity index (χ0n) is 15.2. The van der Waals surface area contributed by atoms with Crippen LogP contribution in [0.15, 0.2) is 48.5 Å². The third-order valence-electron chi connectivity index (χ3n) is 4.81. The van der Waals surface area contributed by atoms with Crippen LogP contribution >= 0.6 is 23.8 Å². The van der Waals surface area contributed by atoms with Gasteiger partial charge in [-0.2, -0.15) is 4.68 Å². The second-order valence-corrected chi connectivity index (χ2v) is 7.61. The molecule has 1 aliphatic heterocycles. The molecule has 1 fully saturated rings. The number of benzene rings is 2. The van der Waals surface area contributed by atoms with Crippen LogP contribution in [0.4, 0.5) is 0 Å². The zero-order valence-corrected chi connectivity index (χ0v) is 16.8. The number of ether oxygens (including phenoxy) is 1. The molecule has 0 amide bonds. The molecule has 1 aromatic heterocycles. The number of nitrogens with zero attached hydrogens (tertiary/aromatic N) is 3. The minimum atomic E-state index is 0.697. The number of quaternary nitrogens is 1. The van der Waals surface area contributed by atoms with Crippen LogP contribution in [0.3, 0.4) is 0 Å². The quantitative estimate of drug-likeness (QED) is 0.683. The Balaban J connectivity index is 1.80. The maximum atomic E-state index is 6.07. The average Bonchev–Trinajstić information content (AvgIpc) is 3.00. The molecule has 1 saturated heterocycles. The summed E-state index contributed by atoms with van der Waals surface area (Å²) in [5.41, 5.74) is 3.21. The molecule has 2 aromatic carbocycles. The molecule has 0 bridgehead atoms. The summed E-state index contributed by atoms with van der Waals surface area (Å²) in [6, 6.07) is 16.1. The number of morpholine rings is 1. The van der Waals surface area contributed by atoms with Gasteiger partial charge in [0.15, 0.2) is 12.5 Å². The Morgan fingerprint density at radius 1 is 1.07 bits per heavy atom. The number of hydrogen-bond acceptors (Lipinski definition) is 3. The van der Waals surface area contributed by atoms with Crippen molar-refractivity contribution >= 4 is 23.8 Å². The van der Waals surface area contributed by atoms with Gasteiger partial charge in [0, 0.05) is 16.3 Å². The molecule has 3 aromatic rings. The lowest BCUT2D eigenvalue weighted by Gasteiger charge is -2.23. The highest BCUT2D eigenvalue weighted by Crippen LogP contribution is 2.24. The smallest absolute Gasteiger partial charge is 0.207 e. The van der Waals surface area contributed by atoms with Crippen molar-refractivity contribution in [1.29, 1.82) is 0 Å². The number of halogens is 1. The number of rotatable bonds is 4. The molecule has 4 rings (SSSR count). The lowest BCUT2D eigenvalue weighted by atomic mass is 10.2. The van der Waals surface area contributed by atoms with Gasteiger partial charge < -0.3 is 9.64 Å². The van der Waals surface area contributed by atoms with Crippen molar-refractivity contribution < 1.29 is 9.64 Å². The van der Waals surface area contributed by atoms with Gasteiger partial charge in [0.05, 0.1) is 13.2 Å². The first kappa shape index (κ1) is 18.4. The van der Waals surface area contributed by atoms with Crippen molar-refractivity contribution in [3.63, 3.8) is 0 Å². The monoisotopic (exact) mass is 401 g/mol. The van der Waals surface area contributed by atoms with Gasteiger partial charge in [-0.3, -0.25) is 4.57 Å². The summed E-state index contributed by atoms with van der Waals surface area (Å²) in [4.78, 5) is 1.42. The predicted molar refractivity (Wildman–Crippen MR) is 109 cm³/mol. The third kappa shape index (κ3) is 3.99. The van der Waals surface area contributed by atoms with Gasteiger partial charge in [0.2, 0.25) is 4.77 Å². The standard InChI is InChI=1S/C20H21ClN4OS/c1-15-2-8-18(9-3-15)25-19(16-4-6-17(21)7-5-16)22-24(20(25)27)14-23-10-12-26-13-11-23/h2-9H,10-14H2,1H3/p+1. The highest BCUT2D eigenvalue weighted by atomic mass is 35.5. The van der Waals surface area contributed by atoms with Crippen molar-refractivity contribution in [2.45, 2.75) is 13.6 Å². The molecule has 140 valence electrons. The van der Waals surface area contributed by atoms with Crippen LogP contribution in [0, 0.1) is 11.7 Å². The Morgan fingerprint density at radius 2 is 1.74 bits per heavy atom. The van der Waals surface area contributed by atoms with Crippen LogP contribution in [0.5, 0.6) is 0 Å². The fraction of sp³-hybridized carbons (Fsp3) is 0.300. The van der Waals surface area contributed by atoms with Crippen LogP contribution in [0.25, 0.3) is 17.1 Å². The number of hydrogen-bond donors (Lipinski definition) is 1. The first-order valence-corrected chi connectivity index (χ1v) is 9.84. The molecule has 0 unspecified atom stereocenters. The van der Waals surface area contributed by atoms with Crippen LogP contribution in [-0.2, 0) is 11.4 Å². The van der Waals surface area contributed by atoms with Crippen molar-refractivity contribution in [3.05, 3.63) is 63.9 Å². The van der Waals surface area contributed by atoms with Gasteiger partial charge in [-0.1, -0.05) is 29.3 Å². The first-order valence-electron chi connectivity index (χ1n) is 9.06. The summed E-state index contributed by atoms with van der Waals surface area (Å²) in [7, 11) is 0. The van der Waals surface area contributed by atoms with Crippen molar-refractivity contribution in [1.82, 2.24) is 14.3 Å². The minimum Gasteiger partial charge on any atom is -0.370 e. The summed E-state index contributed by atoms with van der Waals surface area (Å²) >= 11 is 11.9. The summed E-state index contributed by atoms with van der Waals surface area (Å²) in [6.07, 6.45) is 0. The Morgan fingerprint density at radius 3 is 2.41 bits per heavy atom. The van der Waals surface area contributed by atoms with Gasteiger partial charge in [0.1, 0.15) is 13.1 Å². The Bertz CT molecular complexity index is 973. The second-order valence-electron chi connectivity index (χ2n) is 6.80. The third-order valence-corrected chi connectivity index (χ3v) is 5.45. The molecule has 0 saturated carbocycles. The Kier molecular flexibility index (Phi) is 5.41. The van der Waals surface area contributed by atoms with E-state index in [0.29, 0.717) is 9.79 Å². The Hall–Kier alpha value is -1.99. The van der Waals surface area contributed by atoms with E-state index in [4.69, 9.17) is 33.7 Å². The van der Waals surface area contributed by atoms with E-state index >= 15 is 0 Å². The maximum absolute atomic E-state index is 6.07. The van der Waals surface area contributed by atoms with Crippen molar-refractivity contribution in [2.75, 3.05) is 26.3 Å². The molecule has 2 heterocycles. The van der Waals surface area contributed by atoms with E-state index in [0.717, 1.165) is 50.0 Å². The number of nitrogens with one attached hydrogen (secondary N) is 1. The van der Waals surface area contributed by atoms with Gasteiger partial charge in [-0.15, -0.1) is 5.10 Å². The highest BCUT2D eigenvalue weighted by molar-refractivity contribution is 7.71. The van der Waals surface area contributed by atoms with E-state index in [-0.39, 0.29) is 0 Å². The van der Waals surface area contributed by atoms with Gasteiger partial charge in [-0.25, -0.2) is 0 Å². The molecular formula is C20H22ClN4OS+. The second kappa shape index (κ2) is 7.94. The lowest BCUT2D eigenvalue weighted by Crippen LogP contribution is -3.13. The van der Waals surface area contributed by atoms with Crippen LogP contribution < -0.4 is 4.90 Å². The normalized spacial score (nSPS) is 15.2. The summed E-state index contributed by atoms with van der Waals surface area (Å²) < 4.78 is 10.1. The number of aryl methyl sites for hydroxylation is 1. The molecule has 27 heavy (non-hydrogen) atoms. The van der Waals surface area contributed by atoms with E-state index in [1.165, 1.54) is 10.5 Å². The van der Waals surface area contributed by atoms with E-state index in [2.05, 4.69) is 31.2 Å². The van der Waals surface area contributed by atoms with Crippen LogP contribution in [-0.4, -0.2) is 40.7 Å². The average molecular weight is 402 g/mol. The molecule has 0 radical (unpaired) electrons. The molecule has 0 aliphatic carbocycles. The van der Waals surface area contributed by atoms with E-state index < -0.39 is 0 Å². The maximum Gasteiger partial charge on any atom is 0.207 e. The minimum absolute atomic E-state index is 0.697. The topological polar surface area (TPSA) is 36.4 Å². The fourth-order valence-corrected chi connectivity index (χ4v) is 3.68. The lowest BCUT2D eigenvalue weighted by molar-refractivity contribution is -0.930. The molecule has 7 heteroatoms. The largest absolute Gasteiger partial charge is 0.370 e. The molecule has 1 aliphatic rings. The van der Waals surface area contributed by atoms with Crippen molar-refractivity contribution in [2.24, 2.45) is 0 Å². The molecule has 0 atom stereocenters. The van der Waals surface area contributed by atoms with E-state index in [1.807, 2.05) is 33.5 Å². The molecular weight excluding hydrogens is 380 g/mol. The van der Waals surface area contributed by atoms with Crippen LogP contribution in [0.2, 0.25) is 5.02 Å². The SMILES string of the molecule is Cc1ccc(-n2c(-c3ccc(Cl)cc3)nn(C[NH+]3CCOCC3)c2=S)cc1. The summed E-state index contributed by atoms with van der Waals surface area (Å²) in [5, 5.41) is 5.58. The predicted octanol–water partition coefficient (Wildman–Crippen LogP) is 2.90. The van der Waals surface area contributed by atoms with Gasteiger partial charge in [0.25, 0.3) is 0 Å². The van der Waals surface area contributed by atoms with Gasteiger partial charge in [-0.05, 0) is 55.5 Å². The number of aromatic nitrogens is 3.